The Labute approximate surface area is 99.2 Å². The molecule has 0 aliphatic carbocycles. The first-order valence-corrected chi connectivity index (χ1v) is 6.65. The molecule has 0 aliphatic rings. The number of hydrogen-bond acceptors (Lipinski definition) is 4. The van der Waals surface area contributed by atoms with Crippen LogP contribution in [-0.4, -0.2) is 23.6 Å². The molecule has 0 bridgehead atoms. The van der Waals surface area contributed by atoms with Crippen molar-refractivity contribution in [2.45, 2.75) is 0 Å². The highest BCUT2D eigenvalue weighted by molar-refractivity contribution is 7.53. The highest BCUT2D eigenvalue weighted by Gasteiger charge is 2.21. The summed E-state index contributed by atoms with van der Waals surface area (Å²) >= 11 is 0. The van der Waals surface area contributed by atoms with E-state index in [2.05, 4.69) is 11.3 Å². The molecule has 0 saturated carbocycles. The molecule has 5 nitrogen and oxygen atoms in total. The zero-order chi connectivity index (χ0) is 12.7. The maximum Gasteiger partial charge on any atom is 0.380 e. The summed E-state index contributed by atoms with van der Waals surface area (Å²) in [4.78, 5) is 20.2. The molecule has 1 N–H and O–H groups in total. The Kier molecular flexibility index (Phi) is 4.94. The van der Waals surface area contributed by atoms with Crippen molar-refractivity contribution in [2.24, 2.45) is 0 Å². The molecule has 1 unspecified atom stereocenters. The molecule has 17 heavy (non-hydrogen) atoms. The first-order valence-electron chi connectivity index (χ1n) is 4.89. The molecular formula is C11H13O5P. The van der Waals surface area contributed by atoms with E-state index in [-0.39, 0.29) is 12.8 Å². The summed E-state index contributed by atoms with van der Waals surface area (Å²) in [6.07, 6.45) is 0.724. The van der Waals surface area contributed by atoms with Crippen LogP contribution < -0.4 is 4.52 Å². The van der Waals surface area contributed by atoms with Crippen molar-refractivity contribution in [3.63, 3.8) is 0 Å². The van der Waals surface area contributed by atoms with Gasteiger partial charge >= 0.3 is 13.6 Å². The van der Waals surface area contributed by atoms with Crippen molar-refractivity contribution in [1.82, 2.24) is 0 Å². The summed E-state index contributed by atoms with van der Waals surface area (Å²) in [6, 6.07) is 8.28. The van der Waals surface area contributed by atoms with Gasteiger partial charge in [0.15, 0.2) is 0 Å². The van der Waals surface area contributed by atoms with Crippen molar-refractivity contribution in [2.75, 3.05) is 12.8 Å². The Morgan fingerprint density at radius 1 is 1.41 bits per heavy atom. The van der Waals surface area contributed by atoms with Crippen molar-refractivity contribution in [3.8, 4) is 5.75 Å². The molecule has 1 rings (SSSR count). The van der Waals surface area contributed by atoms with Crippen LogP contribution in [0.2, 0.25) is 0 Å². The second kappa shape index (κ2) is 6.23. The summed E-state index contributed by atoms with van der Waals surface area (Å²) < 4.78 is 21.1. The highest BCUT2D eigenvalue weighted by Crippen LogP contribution is 2.41. The molecule has 1 aromatic carbocycles. The highest BCUT2D eigenvalue weighted by atomic mass is 31.2. The van der Waals surface area contributed by atoms with Crippen LogP contribution in [0.5, 0.6) is 5.75 Å². The third kappa shape index (κ3) is 5.33. The zero-order valence-electron chi connectivity index (χ0n) is 9.11. The lowest BCUT2D eigenvalue weighted by atomic mass is 10.3. The molecule has 92 valence electrons. The molecule has 6 heteroatoms. The Balaban J connectivity index is 2.44. The topological polar surface area (TPSA) is 72.8 Å². The maximum atomic E-state index is 11.6. The summed E-state index contributed by atoms with van der Waals surface area (Å²) in [5.74, 6) is -0.335. The van der Waals surface area contributed by atoms with Gasteiger partial charge in [0.25, 0.3) is 0 Å². The standard InChI is InChI=1S/C11H13O5P/c1-2-11(12)15-8-9-17(13,14)16-10-6-4-3-5-7-10/h2-7H,1,8-9H2,(H,13,14). The van der Waals surface area contributed by atoms with E-state index in [0.717, 1.165) is 6.08 Å². The van der Waals surface area contributed by atoms with E-state index in [9.17, 15) is 14.3 Å². The number of carbonyl (C=O) groups is 1. The molecule has 0 amide bonds. The van der Waals surface area contributed by atoms with E-state index in [1.165, 1.54) is 0 Å². The minimum atomic E-state index is -3.79. The largest absolute Gasteiger partial charge is 0.462 e. The lowest BCUT2D eigenvalue weighted by Crippen LogP contribution is -2.08. The fourth-order valence-electron chi connectivity index (χ4n) is 1.01. The van der Waals surface area contributed by atoms with Crippen LogP contribution in [0.15, 0.2) is 43.0 Å². The Bertz CT molecular complexity index is 429. The van der Waals surface area contributed by atoms with E-state index in [1.807, 2.05) is 0 Å². The summed E-state index contributed by atoms with van der Waals surface area (Å²) in [5, 5.41) is 0. The normalized spacial score (nSPS) is 13.5. The molecule has 0 heterocycles. The molecule has 0 radical (unpaired) electrons. The molecule has 0 aliphatic heterocycles. The van der Waals surface area contributed by atoms with E-state index in [4.69, 9.17) is 4.52 Å². The quantitative estimate of drug-likeness (QED) is 0.478. The summed E-state index contributed by atoms with van der Waals surface area (Å²) in [7, 11) is -3.79. The molecular weight excluding hydrogens is 243 g/mol. The third-order valence-corrected chi connectivity index (χ3v) is 3.02. The van der Waals surface area contributed by atoms with Crippen LogP contribution in [0, 0.1) is 0 Å². The van der Waals surface area contributed by atoms with Gasteiger partial charge in [-0.3, -0.25) is 0 Å². The number of carbonyl (C=O) groups excluding carboxylic acids is 1. The van der Waals surface area contributed by atoms with Crippen molar-refractivity contribution >= 4 is 13.6 Å². The lowest BCUT2D eigenvalue weighted by molar-refractivity contribution is -0.137. The Morgan fingerprint density at radius 3 is 2.65 bits per heavy atom. The monoisotopic (exact) mass is 256 g/mol. The van der Waals surface area contributed by atoms with Gasteiger partial charge in [0.2, 0.25) is 0 Å². The number of rotatable bonds is 6. The predicted molar refractivity (Wildman–Crippen MR) is 62.9 cm³/mol. The number of esters is 1. The van der Waals surface area contributed by atoms with E-state index in [0.29, 0.717) is 5.75 Å². The van der Waals surface area contributed by atoms with Crippen LogP contribution >= 0.6 is 7.60 Å². The average Bonchev–Trinajstić information content (AvgIpc) is 2.29. The van der Waals surface area contributed by atoms with Gasteiger partial charge in [-0.2, -0.15) is 0 Å². The van der Waals surface area contributed by atoms with Gasteiger partial charge in [-0.05, 0) is 12.1 Å². The van der Waals surface area contributed by atoms with Crippen molar-refractivity contribution < 1.29 is 23.5 Å². The smallest absolute Gasteiger partial charge is 0.380 e. The molecule has 1 atom stereocenters. The van der Waals surface area contributed by atoms with Crippen molar-refractivity contribution in [1.29, 1.82) is 0 Å². The van der Waals surface area contributed by atoms with Gasteiger partial charge in [0, 0.05) is 6.08 Å². The zero-order valence-corrected chi connectivity index (χ0v) is 10.0. The van der Waals surface area contributed by atoms with Gasteiger partial charge in [-0.25, -0.2) is 9.36 Å². The number of para-hydroxylation sites is 1. The second-order valence-electron chi connectivity index (χ2n) is 3.14. The predicted octanol–water partition coefficient (Wildman–Crippen LogP) is 1.98. The maximum absolute atomic E-state index is 11.6. The third-order valence-electron chi connectivity index (χ3n) is 1.78. The van der Waals surface area contributed by atoms with E-state index in [1.54, 1.807) is 30.3 Å². The molecule has 0 fully saturated rings. The molecule has 0 aromatic heterocycles. The van der Waals surface area contributed by atoms with Crippen molar-refractivity contribution in [3.05, 3.63) is 43.0 Å². The molecule has 0 spiro atoms. The molecule has 0 saturated heterocycles. The minimum absolute atomic E-state index is 0.189. The first-order chi connectivity index (χ1) is 8.03. The van der Waals surface area contributed by atoms with E-state index >= 15 is 0 Å². The van der Waals surface area contributed by atoms with Crippen LogP contribution in [0.1, 0.15) is 0 Å². The SMILES string of the molecule is C=CC(=O)OCCP(=O)(O)Oc1ccccc1. The second-order valence-corrected chi connectivity index (χ2v) is 5.04. The van der Waals surface area contributed by atoms with Gasteiger partial charge in [-0.1, -0.05) is 24.8 Å². The number of benzene rings is 1. The molecule has 1 aromatic rings. The fourth-order valence-corrected chi connectivity index (χ4v) is 1.88. The summed E-state index contributed by atoms with van der Waals surface area (Å²) in [6.45, 7) is 3.02. The first kappa shape index (κ1) is 13.5. The van der Waals surface area contributed by atoms with E-state index < -0.39 is 13.6 Å². The lowest BCUT2D eigenvalue weighted by Gasteiger charge is -2.12. The Hall–Kier alpha value is -1.58. The van der Waals surface area contributed by atoms with Crippen LogP contribution in [0.3, 0.4) is 0 Å². The summed E-state index contributed by atoms with van der Waals surface area (Å²) in [5.41, 5.74) is 0. The van der Waals surface area contributed by atoms with Gasteiger partial charge < -0.3 is 14.2 Å². The average molecular weight is 256 g/mol. The van der Waals surface area contributed by atoms with Crippen LogP contribution in [0.4, 0.5) is 0 Å². The van der Waals surface area contributed by atoms with Crippen LogP contribution in [0.25, 0.3) is 0 Å². The van der Waals surface area contributed by atoms with Gasteiger partial charge in [-0.15, -0.1) is 0 Å². The number of ether oxygens (including phenoxy) is 1. The Morgan fingerprint density at radius 2 is 2.06 bits per heavy atom. The van der Waals surface area contributed by atoms with Gasteiger partial charge in [0.05, 0.1) is 6.16 Å². The van der Waals surface area contributed by atoms with Gasteiger partial charge in [0.1, 0.15) is 12.4 Å². The minimum Gasteiger partial charge on any atom is -0.462 e. The fraction of sp³-hybridized carbons (Fsp3) is 0.182. The van der Waals surface area contributed by atoms with Crippen LogP contribution in [-0.2, 0) is 14.1 Å². The number of hydrogen-bond donors (Lipinski definition) is 1.